The summed E-state index contributed by atoms with van der Waals surface area (Å²) in [5.74, 6) is 0.173. The van der Waals surface area contributed by atoms with Gasteiger partial charge in [-0.3, -0.25) is 0 Å². The van der Waals surface area contributed by atoms with Crippen molar-refractivity contribution in [1.82, 2.24) is 0 Å². The molecule has 3 atom stereocenters. The van der Waals surface area contributed by atoms with Gasteiger partial charge in [0.25, 0.3) is 0 Å². The molecule has 0 aliphatic heterocycles. The second-order valence-corrected chi connectivity index (χ2v) is 3.51. The van der Waals surface area contributed by atoms with Gasteiger partial charge in [0.2, 0.25) is 0 Å². The first-order chi connectivity index (χ1) is 6.15. The Kier molecular flexibility index (Phi) is 6.86. The zero-order valence-corrected chi connectivity index (χ0v) is 8.19. The number of rotatable bonds is 7. The van der Waals surface area contributed by atoms with Crippen LogP contribution in [0.15, 0.2) is 12.7 Å². The molecule has 0 saturated heterocycles. The standard InChI is InChI=1S/C10H20O3/c1-3-9(10(13)7-12)5-4-8(2)6-11/h3,8-13H,1,4-7H2,2H3. The third-order valence-corrected chi connectivity index (χ3v) is 2.29. The van der Waals surface area contributed by atoms with Crippen molar-refractivity contribution in [3.05, 3.63) is 12.7 Å². The number of aliphatic hydroxyl groups is 3. The molecule has 78 valence electrons. The van der Waals surface area contributed by atoms with Crippen LogP contribution in [0.2, 0.25) is 0 Å². The lowest BCUT2D eigenvalue weighted by atomic mass is 9.93. The molecule has 3 nitrogen and oxygen atoms in total. The molecule has 0 heterocycles. The molecule has 13 heavy (non-hydrogen) atoms. The smallest absolute Gasteiger partial charge is 0.0833 e. The first kappa shape index (κ1) is 12.6. The van der Waals surface area contributed by atoms with Crippen molar-refractivity contribution >= 4 is 0 Å². The Bertz CT molecular complexity index is 136. The lowest BCUT2D eigenvalue weighted by Gasteiger charge is -2.18. The molecular formula is C10H20O3. The highest BCUT2D eigenvalue weighted by Crippen LogP contribution is 2.16. The highest BCUT2D eigenvalue weighted by molar-refractivity contribution is 4.84. The zero-order valence-electron chi connectivity index (χ0n) is 8.19. The molecule has 0 spiro atoms. The van der Waals surface area contributed by atoms with Crippen molar-refractivity contribution in [2.24, 2.45) is 11.8 Å². The monoisotopic (exact) mass is 188 g/mol. The molecule has 3 N–H and O–H groups in total. The van der Waals surface area contributed by atoms with E-state index in [1.165, 1.54) is 0 Å². The Morgan fingerprint density at radius 3 is 2.23 bits per heavy atom. The van der Waals surface area contributed by atoms with Crippen molar-refractivity contribution in [2.75, 3.05) is 13.2 Å². The second-order valence-electron chi connectivity index (χ2n) is 3.51. The van der Waals surface area contributed by atoms with Crippen molar-refractivity contribution in [1.29, 1.82) is 0 Å². The molecule has 0 aliphatic rings. The first-order valence-corrected chi connectivity index (χ1v) is 4.68. The van der Waals surface area contributed by atoms with E-state index < -0.39 is 6.10 Å². The van der Waals surface area contributed by atoms with Crippen LogP contribution in [-0.2, 0) is 0 Å². The van der Waals surface area contributed by atoms with E-state index in [0.29, 0.717) is 0 Å². The second kappa shape index (κ2) is 7.06. The van der Waals surface area contributed by atoms with E-state index in [1.807, 2.05) is 6.92 Å². The minimum Gasteiger partial charge on any atom is -0.396 e. The lowest BCUT2D eigenvalue weighted by Crippen LogP contribution is -2.23. The van der Waals surface area contributed by atoms with Crippen molar-refractivity contribution in [2.45, 2.75) is 25.9 Å². The molecular weight excluding hydrogens is 168 g/mol. The maximum Gasteiger partial charge on any atom is 0.0833 e. The summed E-state index contributed by atoms with van der Waals surface area (Å²) in [5, 5.41) is 26.8. The molecule has 0 aliphatic carbocycles. The summed E-state index contributed by atoms with van der Waals surface area (Å²) >= 11 is 0. The van der Waals surface area contributed by atoms with Crippen LogP contribution in [0, 0.1) is 11.8 Å². The van der Waals surface area contributed by atoms with Gasteiger partial charge in [0.05, 0.1) is 12.7 Å². The van der Waals surface area contributed by atoms with Gasteiger partial charge >= 0.3 is 0 Å². The summed E-state index contributed by atoms with van der Waals surface area (Å²) in [6, 6.07) is 0. The highest BCUT2D eigenvalue weighted by Gasteiger charge is 2.15. The van der Waals surface area contributed by atoms with Gasteiger partial charge in [0.15, 0.2) is 0 Å². The summed E-state index contributed by atoms with van der Waals surface area (Å²) in [5.41, 5.74) is 0. The Hall–Kier alpha value is -0.380. The predicted octanol–water partition coefficient (Wildman–Crippen LogP) is 0.550. The van der Waals surface area contributed by atoms with Gasteiger partial charge in [0, 0.05) is 12.5 Å². The quantitative estimate of drug-likeness (QED) is 0.511. The molecule has 0 aromatic carbocycles. The Morgan fingerprint density at radius 2 is 1.85 bits per heavy atom. The minimum absolute atomic E-state index is 0.0704. The van der Waals surface area contributed by atoms with Crippen molar-refractivity contribution in [3.63, 3.8) is 0 Å². The van der Waals surface area contributed by atoms with Crippen LogP contribution < -0.4 is 0 Å². The molecule has 3 heteroatoms. The van der Waals surface area contributed by atoms with Gasteiger partial charge < -0.3 is 15.3 Å². The Labute approximate surface area is 79.7 Å². The molecule has 0 amide bonds. The molecule has 0 aromatic rings. The van der Waals surface area contributed by atoms with E-state index in [-0.39, 0.29) is 25.0 Å². The fraction of sp³-hybridized carbons (Fsp3) is 0.800. The topological polar surface area (TPSA) is 60.7 Å². The van der Waals surface area contributed by atoms with E-state index in [0.717, 1.165) is 12.8 Å². The van der Waals surface area contributed by atoms with Gasteiger partial charge in [0.1, 0.15) is 0 Å². The van der Waals surface area contributed by atoms with Crippen LogP contribution >= 0.6 is 0 Å². The minimum atomic E-state index is -0.719. The van der Waals surface area contributed by atoms with Gasteiger partial charge in [-0.05, 0) is 18.8 Å². The molecule has 0 saturated carbocycles. The first-order valence-electron chi connectivity index (χ1n) is 4.68. The highest BCUT2D eigenvalue weighted by atomic mass is 16.3. The van der Waals surface area contributed by atoms with Crippen LogP contribution in [0.3, 0.4) is 0 Å². The molecule has 0 fully saturated rings. The number of hydrogen-bond donors (Lipinski definition) is 3. The van der Waals surface area contributed by atoms with Gasteiger partial charge in [-0.1, -0.05) is 13.0 Å². The van der Waals surface area contributed by atoms with E-state index >= 15 is 0 Å². The average molecular weight is 188 g/mol. The van der Waals surface area contributed by atoms with Crippen molar-refractivity contribution in [3.8, 4) is 0 Å². The predicted molar refractivity (Wildman–Crippen MR) is 52.3 cm³/mol. The molecule has 0 bridgehead atoms. The largest absolute Gasteiger partial charge is 0.396 e. The maximum absolute atomic E-state index is 9.32. The molecule has 0 radical (unpaired) electrons. The molecule has 0 aromatic heterocycles. The third-order valence-electron chi connectivity index (χ3n) is 2.29. The SMILES string of the molecule is C=CC(CCC(C)CO)C(O)CO. The number of hydrogen-bond acceptors (Lipinski definition) is 3. The zero-order chi connectivity index (χ0) is 10.3. The van der Waals surface area contributed by atoms with E-state index in [4.69, 9.17) is 10.2 Å². The molecule has 0 rings (SSSR count). The average Bonchev–Trinajstić information content (AvgIpc) is 2.17. The maximum atomic E-state index is 9.32. The summed E-state index contributed by atoms with van der Waals surface area (Å²) in [4.78, 5) is 0. The van der Waals surface area contributed by atoms with Crippen molar-refractivity contribution < 1.29 is 15.3 Å². The summed E-state index contributed by atoms with van der Waals surface area (Å²) < 4.78 is 0. The Balaban J connectivity index is 3.78. The fourth-order valence-corrected chi connectivity index (χ4v) is 1.17. The lowest BCUT2D eigenvalue weighted by molar-refractivity contribution is 0.0572. The van der Waals surface area contributed by atoms with E-state index in [2.05, 4.69) is 6.58 Å². The fourth-order valence-electron chi connectivity index (χ4n) is 1.17. The summed E-state index contributed by atoms with van der Waals surface area (Å²) in [6.45, 7) is 5.48. The van der Waals surface area contributed by atoms with Crippen LogP contribution in [0.1, 0.15) is 19.8 Å². The number of aliphatic hydroxyl groups excluding tert-OH is 3. The van der Waals surface area contributed by atoms with Crippen LogP contribution in [0.5, 0.6) is 0 Å². The third kappa shape index (κ3) is 5.03. The Morgan fingerprint density at radius 1 is 1.23 bits per heavy atom. The van der Waals surface area contributed by atoms with E-state index in [1.54, 1.807) is 6.08 Å². The van der Waals surface area contributed by atoms with Crippen LogP contribution in [0.25, 0.3) is 0 Å². The normalized spacial score (nSPS) is 17.8. The van der Waals surface area contributed by atoms with Gasteiger partial charge in [-0.15, -0.1) is 6.58 Å². The van der Waals surface area contributed by atoms with Gasteiger partial charge in [-0.2, -0.15) is 0 Å². The van der Waals surface area contributed by atoms with E-state index in [9.17, 15) is 5.11 Å². The summed E-state index contributed by atoms with van der Waals surface area (Å²) in [6.07, 6.45) is 2.53. The van der Waals surface area contributed by atoms with Gasteiger partial charge in [-0.25, -0.2) is 0 Å². The summed E-state index contributed by atoms with van der Waals surface area (Å²) in [7, 11) is 0. The van der Waals surface area contributed by atoms with Crippen LogP contribution in [0.4, 0.5) is 0 Å². The molecule has 3 unspecified atom stereocenters. The van der Waals surface area contributed by atoms with Crippen LogP contribution in [-0.4, -0.2) is 34.6 Å².